The molecule has 548 valence electrons. The molecule has 0 aromatic carbocycles. The Morgan fingerprint density at radius 3 is 0.947 bits per heavy atom. The largest absolute Gasteiger partial charge is 0.472 e. The van der Waals surface area contributed by atoms with E-state index in [1.807, 2.05) is 12.2 Å². The molecule has 0 saturated carbocycles. The third-order valence-electron chi connectivity index (χ3n) is 15.5. The molecule has 5 atom stereocenters. The van der Waals surface area contributed by atoms with Gasteiger partial charge in [-0.3, -0.25) is 32.5 Å². The number of phosphoric ester groups is 2. The van der Waals surface area contributed by atoms with Crippen molar-refractivity contribution in [3.05, 3.63) is 109 Å². The minimum absolute atomic E-state index is 0.0927. The molecule has 0 bridgehead atoms. The second-order valence-corrected chi connectivity index (χ2v) is 27.6. The lowest BCUT2D eigenvalue weighted by atomic mass is 10.0. The first-order valence-corrected chi connectivity index (χ1v) is 40.2. The molecule has 16 nitrogen and oxygen atoms in total. The normalized spacial score (nSPS) is 14.7. The molecular weight excluding hydrogens is 1240 g/mol. The van der Waals surface area contributed by atoms with E-state index in [9.17, 15) is 43.5 Å². The fourth-order valence-electron chi connectivity index (χ4n) is 9.83. The van der Waals surface area contributed by atoms with Gasteiger partial charge in [0.05, 0.1) is 26.4 Å². The number of aliphatic hydroxyl groups is 2. The minimum atomic E-state index is -4.94. The van der Waals surface area contributed by atoms with Gasteiger partial charge in [-0.15, -0.1) is 0 Å². The molecule has 5 unspecified atom stereocenters. The highest BCUT2D eigenvalue weighted by Gasteiger charge is 2.29. The summed E-state index contributed by atoms with van der Waals surface area (Å²) in [5.41, 5.74) is 0. The van der Waals surface area contributed by atoms with Crippen LogP contribution in [-0.4, -0.2) is 95.9 Å². The lowest BCUT2D eigenvalue weighted by Crippen LogP contribution is -2.30. The molecule has 0 radical (unpaired) electrons. The molecule has 0 aromatic heterocycles. The molecular formula is C77H134O16P2. The van der Waals surface area contributed by atoms with Gasteiger partial charge in [-0.25, -0.2) is 9.13 Å². The third-order valence-corrected chi connectivity index (χ3v) is 17.4. The molecule has 4 N–H and O–H groups in total. The highest BCUT2D eigenvalue weighted by molar-refractivity contribution is 7.47. The first-order valence-electron chi connectivity index (χ1n) is 37.2. The standard InChI is InChI=1S/C77H134O16P2/c1-4-7-10-13-16-19-22-25-28-30-31-32-33-34-35-36-37-38-39-41-44-45-48-51-54-57-60-63-75(80)87-66-72(78)67-89-94(83,84)90-68-73(79)69-91-95(85,86)92-71-74(93-77(82)65-62-59-56-53-50-47-42-27-24-21-18-15-12-9-6-3)70-88-76(81)64-61-58-55-52-49-46-43-40-29-26-23-20-17-14-11-8-5-2/h8,11,16-17,19-20,25-26,28-29,31-32,34-35,43,46,52,55,72-74,78-79H,4-7,9-10,12-15,18,21-24,27,30,33,36-42,44-45,47-51,53-54,56-71H2,1-3H3,(H,83,84)(H,85,86)/b11-8-,19-16-,20-17-,28-25-,29-26-,32-31-,35-34-,46-43-,55-52-. The third kappa shape index (κ3) is 71.3. The molecule has 0 rings (SSSR count). The van der Waals surface area contributed by atoms with Crippen LogP contribution in [0.25, 0.3) is 0 Å². The number of aliphatic hydroxyl groups excluding tert-OH is 2. The van der Waals surface area contributed by atoms with E-state index in [0.29, 0.717) is 25.7 Å². The molecule has 0 aromatic rings. The Hall–Kier alpha value is -3.79. The van der Waals surface area contributed by atoms with Gasteiger partial charge in [-0.1, -0.05) is 291 Å². The number of hydrogen-bond donors (Lipinski definition) is 4. The number of rotatable bonds is 70. The highest BCUT2D eigenvalue weighted by Crippen LogP contribution is 2.45. The van der Waals surface area contributed by atoms with Gasteiger partial charge in [0.25, 0.3) is 0 Å². The SMILES string of the molecule is CC/C=C\C/C=C\C/C=C\C/C=C\C/C=C\CCCC(=O)OCC(COP(=O)(O)OCC(O)COP(=O)(O)OCC(O)COC(=O)CCCCCCCCCCCCC/C=C\C/C=C\C/C=C\C/C=C\CCCCC)OC(=O)CCCCCCCCCCCCCCCCC. The number of hydrogen-bond acceptors (Lipinski definition) is 14. The van der Waals surface area contributed by atoms with Crippen molar-refractivity contribution >= 4 is 33.6 Å². The fraction of sp³-hybridized carbons (Fsp3) is 0.727. The maximum Gasteiger partial charge on any atom is 0.472 e. The van der Waals surface area contributed by atoms with Gasteiger partial charge in [0, 0.05) is 19.3 Å². The van der Waals surface area contributed by atoms with Crippen molar-refractivity contribution in [2.24, 2.45) is 0 Å². The van der Waals surface area contributed by atoms with E-state index >= 15 is 0 Å². The predicted octanol–water partition coefficient (Wildman–Crippen LogP) is 21.2. The molecule has 0 amide bonds. The minimum Gasteiger partial charge on any atom is -0.463 e. The van der Waals surface area contributed by atoms with E-state index in [-0.39, 0.29) is 19.3 Å². The van der Waals surface area contributed by atoms with Crippen molar-refractivity contribution in [1.82, 2.24) is 0 Å². The van der Waals surface area contributed by atoms with E-state index in [2.05, 4.69) is 118 Å². The number of esters is 3. The fourth-order valence-corrected chi connectivity index (χ4v) is 11.4. The van der Waals surface area contributed by atoms with Gasteiger partial charge in [0.2, 0.25) is 0 Å². The van der Waals surface area contributed by atoms with Crippen molar-refractivity contribution in [1.29, 1.82) is 0 Å². The van der Waals surface area contributed by atoms with Gasteiger partial charge >= 0.3 is 33.6 Å². The zero-order chi connectivity index (χ0) is 69.5. The van der Waals surface area contributed by atoms with Crippen LogP contribution in [0.3, 0.4) is 0 Å². The van der Waals surface area contributed by atoms with Crippen molar-refractivity contribution < 1.29 is 75.8 Å². The Morgan fingerprint density at radius 1 is 0.305 bits per heavy atom. The van der Waals surface area contributed by atoms with Crippen LogP contribution in [0, 0.1) is 0 Å². The molecule has 0 aliphatic heterocycles. The molecule has 0 aliphatic rings. The van der Waals surface area contributed by atoms with Crippen LogP contribution in [0.1, 0.15) is 303 Å². The summed E-state index contributed by atoms with van der Waals surface area (Å²) >= 11 is 0. The summed E-state index contributed by atoms with van der Waals surface area (Å²) in [5.74, 6) is -1.64. The van der Waals surface area contributed by atoms with Crippen LogP contribution in [0.2, 0.25) is 0 Å². The maximum absolute atomic E-state index is 12.9. The first kappa shape index (κ1) is 91.2. The Kier molecular flexibility index (Phi) is 67.3. The van der Waals surface area contributed by atoms with Crippen LogP contribution >= 0.6 is 15.6 Å². The van der Waals surface area contributed by atoms with Crippen molar-refractivity contribution in [2.45, 2.75) is 322 Å². The number of phosphoric acid groups is 2. The van der Waals surface area contributed by atoms with Crippen LogP contribution in [0.15, 0.2) is 109 Å². The highest BCUT2D eigenvalue weighted by atomic mass is 31.2. The van der Waals surface area contributed by atoms with Crippen LogP contribution in [-0.2, 0) is 55.8 Å². The first-order chi connectivity index (χ1) is 46.2. The van der Waals surface area contributed by atoms with Gasteiger partial charge < -0.3 is 34.2 Å². The van der Waals surface area contributed by atoms with Gasteiger partial charge in [0.15, 0.2) is 6.10 Å². The van der Waals surface area contributed by atoms with Crippen LogP contribution < -0.4 is 0 Å². The Labute approximate surface area is 577 Å². The van der Waals surface area contributed by atoms with E-state index in [4.69, 9.17) is 32.3 Å². The van der Waals surface area contributed by atoms with Gasteiger partial charge in [-0.05, 0) is 103 Å². The van der Waals surface area contributed by atoms with Crippen molar-refractivity contribution in [2.75, 3.05) is 39.6 Å². The Bertz CT molecular complexity index is 2170. The lowest BCUT2D eigenvalue weighted by Gasteiger charge is -2.21. The smallest absolute Gasteiger partial charge is 0.463 e. The maximum atomic E-state index is 12.9. The number of carbonyl (C=O) groups excluding carboxylic acids is 3. The second-order valence-electron chi connectivity index (χ2n) is 24.7. The number of allylic oxidation sites excluding steroid dienone is 18. The van der Waals surface area contributed by atoms with Crippen molar-refractivity contribution in [3.63, 3.8) is 0 Å². The summed E-state index contributed by atoms with van der Waals surface area (Å²) in [6.07, 6.45) is 80.0. The van der Waals surface area contributed by atoms with E-state index < -0.39 is 91.5 Å². The predicted molar refractivity (Wildman–Crippen MR) is 390 cm³/mol. The summed E-state index contributed by atoms with van der Waals surface area (Å²) in [6.45, 7) is 2.48. The topological polar surface area (TPSA) is 231 Å². The van der Waals surface area contributed by atoms with E-state index in [0.717, 1.165) is 103 Å². The summed E-state index contributed by atoms with van der Waals surface area (Å²) in [4.78, 5) is 58.5. The van der Waals surface area contributed by atoms with Crippen molar-refractivity contribution in [3.8, 4) is 0 Å². The quantitative estimate of drug-likeness (QED) is 0.0146. The van der Waals surface area contributed by atoms with E-state index in [1.165, 1.54) is 135 Å². The Balaban J connectivity index is 4.57. The zero-order valence-electron chi connectivity index (χ0n) is 59.6. The number of carbonyl (C=O) groups is 3. The monoisotopic (exact) mass is 1380 g/mol. The number of unbranched alkanes of at least 4 members (excludes halogenated alkanes) is 29. The van der Waals surface area contributed by atoms with Gasteiger partial charge in [0.1, 0.15) is 25.4 Å². The molecule has 0 heterocycles. The number of ether oxygens (including phenoxy) is 3. The average molecular weight is 1380 g/mol. The van der Waals surface area contributed by atoms with Gasteiger partial charge in [-0.2, -0.15) is 0 Å². The molecule has 95 heavy (non-hydrogen) atoms. The Morgan fingerprint density at radius 2 is 0.568 bits per heavy atom. The summed E-state index contributed by atoms with van der Waals surface area (Å²) < 4.78 is 61.0. The molecule has 0 spiro atoms. The molecule has 0 saturated heterocycles. The lowest BCUT2D eigenvalue weighted by molar-refractivity contribution is -0.161. The summed E-state index contributed by atoms with van der Waals surface area (Å²) in [6, 6.07) is 0. The second kappa shape index (κ2) is 70.1. The summed E-state index contributed by atoms with van der Waals surface area (Å²) in [7, 11) is -9.79. The zero-order valence-corrected chi connectivity index (χ0v) is 61.4. The van der Waals surface area contributed by atoms with E-state index in [1.54, 1.807) is 0 Å². The van der Waals surface area contributed by atoms with Crippen LogP contribution in [0.4, 0.5) is 0 Å². The average Bonchev–Trinajstić information content (AvgIpc) is 2.44. The molecule has 0 aliphatic carbocycles. The summed E-state index contributed by atoms with van der Waals surface area (Å²) in [5, 5.41) is 20.6. The molecule has 18 heteroatoms. The molecule has 0 fully saturated rings. The van der Waals surface area contributed by atoms with Crippen LogP contribution in [0.5, 0.6) is 0 Å².